The fourth-order valence-corrected chi connectivity index (χ4v) is 5.08. The average molecular weight is 520 g/mol. The molecule has 0 unspecified atom stereocenters. The van der Waals surface area contributed by atoms with Crippen LogP contribution in [0.15, 0.2) is 30.5 Å². The topological polar surface area (TPSA) is 98.3 Å². The van der Waals surface area contributed by atoms with Crippen molar-refractivity contribution in [3.8, 4) is 11.8 Å². The molecule has 182 valence electrons. The Morgan fingerprint density at radius 1 is 1.26 bits per heavy atom. The summed E-state index contributed by atoms with van der Waals surface area (Å²) in [6.07, 6.45) is -0.398. The molecule has 35 heavy (non-hydrogen) atoms. The summed E-state index contributed by atoms with van der Waals surface area (Å²) < 4.78 is 36.6. The minimum atomic E-state index is -2.59. The molecule has 1 aliphatic heterocycles. The number of hydrogen-bond acceptors (Lipinski definition) is 8. The third kappa shape index (κ3) is 4.84. The maximum absolute atomic E-state index is 12.8. The van der Waals surface area contributed by atoms with E-state index in [0.29, 0.717) is 22.5 Å². The molecular weight excluding hydrogens is 500 g/mol. The molecule has 0 radical (unpaired) electrons. The van der Waals surface area contributed by atoms with E-state index in [1.54, 1.807) is 6.07 Å². The van der Waals surface area contributed by atoms with Gasteiger partial charge in [-0.05, 0) is 36.2 Å². The predicted molar refractivity (Wildman–Crippen MR) is 130 cm³/mol. The molecule has 3 aromatic heterocycles. The highest BCUT2D eigenvalue weighted by Gasteiger charge is 2.25. The fraction of sp³-hybridized carbons (Fsp3) is 0.304. The molecule has 12 heteroatoms. The Hall–Kier alpha value is -3.15. The van der Waals surface area contributed by atoms with Gasteiger partial charge in [0.25, 0.3) is 12.3 Å². The van der Waals surface area contributed by atoms with Gasteiger partial charge < -0.3 is 20.1 Å². The molecule has 1 atom stereocenters. The molecule has 1 aromatic carbocycles. The first-order valence-electron chi connectivity index (χ1n) is 10.9. The van der Waals surface area contributed by atoms with Gasteiger partial charge in [0, 0.05) is 40.3 Å². The summed E-state index contributed by atoms with van der Waals surface area (Å²) in [5.41, 5.74) is 1.82. The van der Waals surface area contributed by atoms with Crippen molar-refractivity contribution >= 4 is 55.5 Å². The van der Waals surface area contributed by atoms with Crippen LogP contribution in [0.25, 0.3) is 21.0 Å². The van der Waals surface area contributed by atoms with Crippen molar-refractivity contribution in [2.75, 3.05) is 18.5 Å². The fourth-order valence-electron chi connectivity index (χ4n) is 3.86. The van der Waals surface area contributed by atoms with Gasteiger partial charge in [-0.2, -0.15) is 4.98 Å². The summed E-state index contributed by atoms with van der Waals surface area (Å²) >= 11 is 7.34. The standard InChI is InChI=1S/C23H20ClF2N5O3S/c1-2-12-8-27-19-18-13-3-6-17(30-14(13)4-5-15(18)35-20(19)21(32)29-12)34-22-11(7-28-23(24)31-22)9-33-10-16(25)26/h3-7,12,16,27H,2,8-10H2,1H3,(H,29,32)/t12-/m1/s1. The number of ether oxygens (including phenoxy) is 2. The van der Waals surface area contributed by atoms with Crippen molar-refractivity contribution in [2.45, 2.75) is 32.4 Å². The summed E-state index contributed by atoms with van der Waals surface area (Å²) in [5.74, 6) is 0.224. The van der Waals surface area contributed by atoms with Gasteiger partial charge >= 0.3 is 0 Å². The van der Waals surface area contributed by atoms with E-state index < -0.39 is 13.0 Å². The van der Waals surface area contributed by atoms with E-state index in [-0.39, 0.29) is 35.6 Å². The second kappa shape index (κ2) is 9.84. The number of thiophene rings is 1. The van der Waals surface area contributed by atoms with Gasteiger partial charge in [0.2, 0.25) is 17.0 Å². The van der Waals surface area contributed by atoms with Gasteiger partial charge in [0.15, 0.2) is 0 Å². The van der Waals surface area contributed by atoms with Crippen LogP contribution in [-0.2, 0) is 11.3 Å². The van der Waals surface area contributed by atoms with Gasteiger partial charge in [-0.25, -0.2) is 18.7 Å². The molecule has 1 aliphatic rings. The average Bonchev–Trinajstić information content (AvgIpc) is 3.14. The number of anilines is 1. The Kier molecular flexibility index (Phi) is 6.63. The predicted octanol–water partition coefficient (Wildman–Crippen LogP) is 5.40. The molecule has 0 aliphatic carbocycles. The first-order chi connectivity index (χ1) is 16.9. The van der Waals surface area contributed by atoms with Crippen molar-refractivity contribution < 1.29 is 23.0 Å². The number of alkyl halides is 2. The number of amides is 1. The zero-order valence-electron chi connectivity index (χ0n) is 18.5. The van der Waals surface area contributed by atoms with Crippen molar-refractivity contribution in [1.82, 2.24) is 20.3 Å². The number of carbonyl (C=O) groups is 1. The third-order valence-corrected chi connectivity index (χ3v) is 6.89. The number of aromatic nitrogens is 3. The number of nitrogens with one attached hydrogen (secondary N) is 2. The molecule has 0 spiro atoms. The third-order valence-electron chi connectivity index (χ3n) is 5.55. The normalized spacial score (nSPS) is 15.7. The number of benzene rings is 1. The molecule has 4 aromatic rings. The van der Waals surface area contributed by atoms with E-state index >= 15 is 0 Å². The minimum absolute atomic E-state index is 0.0591. The molecule has 5 rings (SSSR count). The van der Waals surface area contributed by atoms with Crippen LogP contribution in [0.5, 0.6) is 11.8 Å². The lowest BCUT2D eigenvalue weighted by Crippen LogP contribution is -2.36. The van der Waals surface area contributed by atoms with Crippen molar-refractivity contribution in [3.05, 3.63) is 46.2 Å². The summed E-state index contributed by atoms with van der Waals surface area (Å²) in [6, 6.07) is 7.38. The number of hydrogen-bond donors (Lipinski definition) is 2. The first kappa shape index (κ1) is 23.6. The van der Waals surface area contributed by atoms with Gasteiger partial charge in [-0.15, -0.1) is 11.3 Å². The first-order valence-corrected chi connectivity index (χ1v) is 12.1. The lowest BCUT2D eigenvalue weighted by atomic mass is 10.1. The highest BCUT2D eigenvalue weighted by molar-refractivity contribution is 7.21. The van der Waals surface area contributed by atoms with Crippen LogP contribution in [0.2, 0.25) is 5.28 Å². The molecule has 0 saturated heterocycles. The van der Waals surface area contributed by atoms with Crippen molar-refractivity contribution in [2.24, 2.45) is 0 Å². The summed E-state index contributed by atoms with van der Waals surface area (Å²) in [4.78, 5) is 25.9. The quantitative estimate of drug-likeness (QED) is 0.315. The largest absolute Gasteiger partial charge is 0.420 e. The number of rotatable bonds is 7. The molecule has 4 heterocycles. The molecule has 1 amide bonds. The Morgan fingerprint density at radius 3 is 2.91 bits per heavy atom. The lowest BCUT2D eigenvalue weighted by Gasteiger charge is -2.13. The molecular formula is C23H20ClF2N5O3S. The Balaban J connectivity index is 1.49. The second-order valence-electron chi connectivity index (χ2n) is 7.90. The van der Waals surface area contributed by atoms with Gasteiger partial charge in [-0.3, -0.25) is 4.79 Å². The van der Waals surface area contributed by atoms with E-state index in [9.17, 15) is 13.6 Å². The van der Waals surface area contributed by atoms with Gasteiger partial charge in [0.1, 0.15) is 11.5 Å². The zero-order valence-corrected chi connectivity index (χ0v) is 20.1. The van der Waals surface area contributed by atoms with Crippen molar-refractivity contribution in [3.63, 3.8) is 0 Å². The highest BCUT2D eigenvalue weighted by atomic mass is 35.5. The van der Waals surface area contributed by atoms with Crippen LogP contribution in [0.3, 0.4) is 0 Å². The maximum atomic E-state index is 12.8. The SMILES string of the molecule is CC[C@@H]1CNc2c(sc3ccc4nc(Oc5nc(Cl)ncc5COCC(F)F)ccc4c23)C(=O)N1. The van der Waals surface area contributed by atoms with Gasteiger partial charge in [0.05, 0.1) is 23.4 Å². The van der Waals surface area contributed by atoms with E-state index in [1.165, 1.54) is 17.5 Å². The van der Waals surface area contributed by atoms with E-state index in [2.05, 4.69) is 25.6 Å². The van der Waals surface area contributed by atoms with Crippen LogP contribution >= 0.6 is 22.9 Å². The highest BCUT2D eigenvalue weighted by Crippen LogP contribution is 2.41. The lowest BCUT2D eigenvalue weighted by molar-refractivity contribution is 0.00917. The van der Waals surface area contributed by atoms with Crippen LogP contribution in [0.1, 0.15) is 28.6 Å². The Morgan fingerprint density at radius 2 is 2.11 bits per heavy atom. The Labute approximate surface area is 207 Å². The molecule has 8 nitrogen and oxygen atoms in total. The smallest absolute Gasteiger partial charge is 0.263 e. The maximum Gasteiger partial charge on any atom is 0.263 e. The van der Waals surface area contributed by atoms with Crippen LogP contribution in [-0.4, -0.2) is 46.5 Å². The molecule has 0 fully saturated rings. The van der Waals surface area contributed by atoms with E-state index in [0.717, 1.165) is 27.6 Å². The molecule has 2 N–H and O–H groups in total. The number of pyridine rings is 1. The number of fused-ring (bicyclic) bond motifs is 5. The number of carbonyl (C=O) groups excluding carboxylic acids is 1. The van der Waals surface area contributed by atoms with Crippen molar-refractivity contribution in [1.29, 1.82) is 0 Å². The minimum Gasteiger partial charge on any atom is -0.420 e. The van der Waals surface area contributed by atoms with E-state index in [1.807, 2.05) is 25.1 Å². The van der Waals surface area contributed by atoms with Crippen LogP contribution in [0, 0.1) is 0 Å². The molecule has 0 bridgehead atoms. The van der Waals surface area contributed by atoms with Crippen LogP contribution in [0.4, 0.5) is 14.5 Å². The zero-order chi connectivity index (χ0) is 24.5. The van der Waals surface area contributed by atoms with Gasteiger partial charge in [-0.1, -0.05) is 6.92 Å². The summed E-state index contributed by atoms with van der Waals surface area (Å²) in [7, 11) is 0. The number of halogens is 3. The molecule has 0 saturated carbocycles. The summed E-state index contributed by atoms with van der Waals surface area (Å²) in [5, 5.41) is 8.23. The van der Waals surface area contributed by atoms with Crippen LogP contribution < -0.4 is 15.4 Å². The monoisotopic (exact) mass is 519 g/mol. The second-order valence-corrected chi connectivity index (χ2v) is 9.29. The summed E-state index contributed by atoms with van der Waals surface area (Å²) in [6.45, 7) is 1.78. The number of nitrogens with zero attached hydrogens (tertiary/aromatic N) is 3. The van der Waals surface area contributed by atoms with E-state index in [4.69, 9.17) is 21.1 Å². The Bertz CT molecular complexity index is 1420.